The topological polar surface area (TPSA) is 44.7 Å². The van der Waals surface area contributed by atoms with Crippen LogP contribution in [0.4, 0.5) is 5.69 Å². The highest BCUT2D eigenvalue weighted by molar-refractivity contribution is 5.90. The quantitative estimate of drug-likeness (QED) is 0.481. The van der Waals surface area contributed by atoms with E-state index < -0.39 is 0 Å². The second kappa shape index (κ2) is 7.94. The van der Waals surface area contributed by atoms with Crippen LogP contribution in [0, 0.1) is 0 Å². The molecule has 30 heavy (non-hydrogen) atoms. The monoisotopic (exact) mass is 399 g/mol. The number of hydrogen-bond donors (Lipinski definition) is 1. The van der Waals surface area contributed by atoms with Crippen molar-refractivity contribution < 1.29 is 4.79 Å². The molecule has 4 heteroatoms. The lowest BCUT2D eigenvalue weighted by atomic mass is 9.80. The fourth-order valence-corrected chi connectivity index (χ4v) is 4.51. The molecular weight excluding hydrogens is 370 g/mol. The predicted octanol–water partition coefficient (Wildman–Crippen LogP) is 5.25. The van der Waals surface area contributed by atoms with Crippen LogP contribution in [-0.2, 0) is 11.2 Å². The van der Waals surface area contributed by atoms with Crippen molar-refractivity contribution in [3.8, 4) is 0 Å². The van der Waals surface area contributed by atoms with Crippen LogP contribution in [0.5, 0.6) is 0 Å². The summed E-state index contributed by atoms with van der Waals surface area (Å²) >= 11 is 0. The first-order valence-corrected chi connectivity index (χ1v) is 10.5. The maximum absolute atomic E-state index is 12.4. The summed E-state index contributed by atoms with van der Waals surface area (Å²) in [5.74, 6) is 0.371. The normalized spacial score (nSPS) is 17.9. The number of nitrogens with zero attached hydrogens (tertiary/aromatic N) is 2. The van der Waals surface area contributed by atoms with Gasteiger partial charge in [-0.15, -0.1) is 0 Å². The van der Waals surface area contributed by atoms with Crippen LogP contribution < -0.4 is 10.3 Å². The standard InChI is InChI=1S/C26H29N3O/c1-18-16-26(2,3)29(4)24-13-12-19(14-23(18)24)17-27-28-25(30)15-21-10-7-9-20-8-5-6-11-22(20)21/h5-14,17-18H,15-16H2,1-4H3,(H,28,30)/b27-17-/t18-/m0/s1. The van der Waals surface area contributed by atoms with Gasteiger partial charge in [0.25, 0.3) is 0 Å². The Bertz CT molecular complexity index is 1110. The van der Waals surface area contributed by atoms with Crippen LogP contribution in [0.25, 0.3) is 10.8 Å². The van der Waals surface area contributed by atoms with Crippen LogP contribution in [0.2, 0.25) is 0 Å². The molecule has 0 bridgehead atoms. The zero-order valence-electron chi connectivity index (χ0n) is 18.1. The van der Waals surface area contributed by atoms with E-state index in [0.717, 1.165) is 28.3 Å². The summed E-state index contributed by atoms with van der Waals surface area (Å²) in [6.45, 7) is 6.85. The molecule has 0 radical (unpaired) electrons. The molecule has 0 saturated heterocycles. The van der Waals surface area contributed by atoms with Gasteiger partial charge in [0, 0.05) is 18.3 Å². The number of nitrogens with one attached hydrogen (secondary N) is 1. The number of carbonyl (C=O) groups is 1. The Labute approximate surface area is 178 Å². The molecule has 1 aliphatic heterocycles. The maximum Gasteiger partial charge on any atom is 0.244 e. The van der Waals surface area contributed by atoms with Crippen molar-refractivity contribution in [2.24, 2.45) is 5.10 Å². The summed E-state index contributed by atoms with van der Waals surface area (Å²) in [6.07, 6.45) is 3.15. The van der Waals surface area contributed by atoms with Gasteiger partial charge in [-0.1, -0.05) is 55.5 Å². The van der Waals surface area contributed by atoms with Gasteiger partial charge in [0.15, 0.2) is 0 Å². The summed E-state index contributed by atoms with van der Waals surface area (Å²) in [5.41, 5.74) is 7.45. The van der Waals surface area contributed by atoms with E-state index in [4.69, 9.17) is 0 Å². The highest BCUT2D eigenvalue weighted by Crippen LogP contribution is 2.42. The molecule has 1 amide bonds. The number of carbonyl (C=O) groups excluding carboxylic acids is 1. The molecule has 0 aromatic heterocycles. The molecular formula is C26H29N3O. The van der Waals surface area contributed by atoms with Crippen molar-refractivity contribution >= 4 is 28.6 Å². The van der Waals surface area contributed by atoms with E-state index in [1.54, 1.807) is 6.21 Å². The Morgan fingerprint density at radius 1 is 1.17 bits per heavy atom. The highest BCUT2D eigenvalue weighted by atomic mass is 16.2. The second-order valence-corrected chi connectivity index (χ2v) is 8.90. The number of benzene rings is 3. The molecule has 3 aromatic carbocycles. The van der Waals surface area contributed by atoms with Crippen LogP contribution in [0.15, 0.2) is 65.8 Å². The second-order valence-electron chi connectivity index (χ2n) is 8.90. The zero-order valence-corrected chi connectivity index (χ0v) is 18.1. The molecule has 1 aliphatic rings. The summed E-state index contributed by atoms with van der Waals surface area (Å²) in [7, 11) is 2.16. The number of hydrogen-bond acceptors (Lipinski definition) is 3. The maximum atomic E-state index is 12.4. The third-order valence-corrected chi connectivity index (χ3v) is 6.29. The first-order chi connectivity index (χ1) is 14.3. The molecule has 4 rings (SSSR count). The molecule has 0 unspecified atom stereocenters. The molecule has 0 saturated carbocycles. The average Bonchev–Trinajstić information content (AvgIpc) is 2.72. The Kier molecular flexibility index (Phi) is 5.33. The molecule has 1 atom stereocenters. The van der Waals surface area contributed by atoms with E-state index in [0.29, 0.717) is 12.3 Å². The lowest BCUT2D eigenvalue weighted by Gasteiger charge is -2.45. The lowest BCUT2D eigenvalue weighted by molar-refractivity contribution is -0.120. The van der Waals surface area contributed by atoms with Gasteiger partial charge in [-0.05, 0) is 65.8 Å². The van der Waals surface area contributed by atoms with Crippen LogP contribution in [0.3, 0.4) is 0 Å². The first-order valence-electron chi connectivity index (χ1n) is 10.5. The van der Waals surface area contributed by atoms with E-state index >= 15 is 0 Å². The minimum absolute atomic E-state index is 0.115. The van der Waals surface area contributed by atoms with Gasteiger partial charge in [-0.2, -0.15) is 5.10 Å². The molecule has 0 aliphatic carbocycles. The molecule has 0 spiro atoms. The fraction of sp³-hybridized carbons (Fsp3) is 0.308. The summed E-state index contributed by atoms with van der Waals surface area (Å²) < 4.78 is 0. The Morgan fingerprint density at radius 3 is 2.77 bits per heavy atom. The van der Waals surface area contributed by atoms with Gasteiger partial charge in [0.2, 0.25) is 5.91 Å². The fourth-order valence-electron chi connectivity index (χ4n) is 4.51. The van der Waals surface area contributed by atoms with Gasteiger partial charge >= 0.3 is 0 Å². The van der Waals surface area contributed by atoms with Crippen molar-refractivity contribution in [1.29, 1.82) is 0 Å². The van der Waals surface area contributed by atoms with Crippen LogP contribution >= 0.6 is 0 Å². The molecule has 4 nitrogen and oxygen atoms in total. The molecule has 1 N–H and O–H groups in total. The van der Waals surface area contributed by atoms with Gasteiger partial charge < -0.3 is 4.90 Å². The van der Waals surface area contributed by atoms with Gasteiger partial charge in [-0.25, -0.2) is 5.43 Å². The third kappa shape index (κ3) is 3.95. The molecule has 154 valence electrons. The minimum atomic E-state index is -0.115. The Hall–Kier alpha value is -3.14. The molecule has 0 fully saturated rings. The van der Waals surface area contributed by atoms with E-state index in [9.17, 15) is 4.79 Å². The summed E-state index contributed by atoms with van der Waals surface area (Å²) in [6, 6.07) is 20.6. The van der Waals surface area contributed by atoms with Crippen molar-refractivity contribution in [3.63, 3.8) is 0 Å². The van der Waals surface area contributed by atoms with Gasteiger partial charge in [0.1, 0.15) is 0 Å². The van der Waals surface area contributed by atoms with Crippen molar-refractivity contribution in [2.45, 2.75) is 45.1 Å². The van der Waals surface area contributed by atoms with Crippen molar-refractivity contribution in [3.05, 3.63) is 77.4 Å². The van der Waals surface area contributed by atoms with Crippen molar-refractivity contribution in [2.75, 3.05) is 11.9 Å². The zero-order chi connectivity index (χ0) is 21.3. The smallest absolute Gasteiger partial charge is 0.244 e. The van der Waals surface area contributed by atoms with E-state index in [1.807, 2.05) is 30.3 Å². The van der Waals surface area contributed by atoms with E-state index in [2.05, 4.69) is 73.6 Å². The molecule has 1 heterocycles. The third-order valence-electron chi connectivity index (χ3n) is 6.29. The predicted molar refractivity (Wildman–Crippen MR) is 125 cm³/mol. The van der Waals surface area contributed by atoms with E-state index in [-0.39, 0.29) is 11.4 Å². The molecule has 3 aromatic rings. The average molecular weight is 400 g/mol. The van der Waals surface area contributed by atoms with Gasteiger partial charge in [0.05, 0.1) is 12.6 Å². The number of hydrazone groups is 1. The van der Waals surface area contributed by atoms with Gasteiger partial charge in [-0.3, -0.25) is 4.79 Å². The Balaban J connectivity index is 1.45. The van der Waals surface area contributed by atoms with Crippen LogP contribution in [-0.4, -0.2) is 24.7 Å². The van der Waals surface area contributed by atoms with E-state index in [1.165, 1.54) is 11.3 Å². The lowest BCUT2D eigenvalue weighted by Crippen LogP contribution is -2.45. The number of rotatable bonds is 4. The minimum Gasteiger partial charge on any atom is -0.369 e. The largest absolute Gasteiger partial charge is 0.369 e. The van der Waals surface area contributed by atoms with Crippen molar-refractivity contribution in [1.82, 2.24) is 5.43 Å². The summed E-state index contributed by atoms with van der Waals surface area (Å²) in [5, 5.41) is 6.45. The Morgan fingerprint density at radius 2 is 1.93 bits per heavy atom. The summed E-state index contributed by atoms with van der Waals surface area (Å²) in [4.78, 5) is 14.8. The first kappa shape index (κ1) is 20.1. The van der Waals surface area contributed by atoms with Crippen LogP contribution in [0.1, 0.15) is 49.8 Å². The number of fused-ring (bicyclic) bond motifs is 2. The SMILES string of the molecule is C[C@H]1CC(C)(C)N(C)c2ccc(/C=N\NC(=O)Cc3cccc4ccccc34)cc21. The number of anilines is 1. The highest BCUT2D eigenvalue weighted by Gasteiger charge is 2.33. The number of amides is 1.